The summed E-state index contributed by atoms with van der Waals surface area (Å²) >= 11 is 0. The molecule has 2 heterocycles. The zero-order chi connectivity index (χ0) is 18.8. The van der Waals surface area contributed by atoms with Crippen LogP contribution in [-0.2, 0) is 4.79 Å². The third-order valence-corrected chi connectivity index (χ3v) is 5.21. The monoisotopic (exact) mass is 365 g/mol. The van der Waals surface area contributed by atoms with E-state index in [1.165, 1.54) is 0 Å². The first-order valence-corrected chi connectivity index (χ1v) is 9.12. The Kier molecular flexibility index (Phi) is 4.81. The van der Waals surface area contributed by atoms with E-state index in [0.717, 1.165) is 42.0 Å². The smallest absolute Gasteiger partial charge is 0.261 e. The average Bonchev–Trinajstić information content (AvgIpc) is 3.29. The molecule has 140 valence electrons. The van der Waals surface area contributed by atoms with Crippen molar-refractivity contribution < 1.29 is 14.3 Å². The maximum atomic E-state index is 12.9. The molecule has 0 N–H and O–H groups in total. The summed E-state index contributed by atoms with van der Waals surface area (Å²) in [4.78, 5) is 15.2. The van der Waals surface area contributed by atoms with Crippen LogP contribution in [0.2, 0.25) is 0 Å². The number of hydrazone groups is 1. The van der Waals surface area contributed by atoms with Crippen LogP contribution in [0.15, 0.2) is 53.6 Å². The molecule has 0 saturated carbocycles. The molecule has 2 aromatic rings. The van der Waals surface area contributed by atoms with Crippen LogP contribution >= 0.6 is 0 Å². The van der Waals surface area contributed by atoms with Gasteiger partial charge in [0.15, 0.2) is 0 Å². The molecule has 0 aliphatic carbocycles. The van der Waals surface area contributed by atoms with E-state index >= 15 is 0 Å². The first kappa shape index (κ1) is 17.5. The van der Waals surface area contributed by atoms with Crippen molar-refractivity contribution in [2.45, 2.75) is 25.0 Å². The maximum absolute atomic E-state index is 12.9. The van der Waals surface area contributed by atoms with Crippen molar-refractivity contribution >= 4 is 12.1 Å². The van der Waals surface area contributed by atoms with Gasteiger partial charge < -0.3 is 9.47 Å². The summed E-state index contributed by atoms with van der Waals surface area (Å²) in [5.41, 5.74) is 1.96. The average molecular weight is 365 g/mol. The minimum Gasteiger partial charge on any atom is -0.497 e. The van der Waals surface area contributed by atoms with E-state index in [2.05, 4.69) is 10.0 Å². The molecule has 2 fully saturated rings. The number of nitrogens with zero attached hydrogens (tertiary/aromatic N) is 3. The molecule has 4 rings (SSSR count). The van der Waals surface area contributed by atoms with Gasteiger partial charge in [0.2, 0.25) is 0 Å². The van der Waals surface area contributed by atoms with Crippen LogP contribution in [0.25, 0.3) is 0 Å². The number of rotatable bonds is 5. The number of carbonyl (C=O) groups is 1. The summed E-state index contributed by atoms with van der Waals surface area (Å²) < 4.78 is 10.4. The summed E-state index contributed by atoms with van der Waals surface area (Å²) in [6, 6.07) is 15.4. The molecule has 0 aromatic heterocycles. The highest BCUT2D eigenvalue weighted by Gasteiger charge is 2.49. The topological polar surface area (TPSA) is 54.4 Å². The highest BCUT2D eigenvalue weighted by Crippen LogP contribution is 2.40. The van der Waals surface area contributed by atoms with Gasteiger partial charge in [-0.05, 0) is 60.4 Å². The van der Waals surface area contributed by atoms with Crippen molar-refractivity contribution in [2.24, 2.45) is 5.10 Å². The largest absolute Gasteiger partial charge is 0.497 e. The second-order valence-corrected chi connectivity index (χ2v) is 6.74. The molecule has 0 bridgehead atoms. The lowest BCUT2D eigenvalue weighted by Crippen LogP contribution is -2.29. The molecule has 2 aromatic carbocycles. The van der Waals surface area contributed by atoms with Gasteiger partial charge in [-0.2, -0.15) is 5.10 Å². The van der Waals surface area contributed by atoms with E-state index in [4.69, 9.17) is 9.47 Å². The zero-order valence-corrected chi connectivity index (χ0v) is 15.5. The fraction of sp³-hybridized carbons (Fsp3) is 0.333. The van der Waals surface area contributed by atoms with E-state index < -0.39 is 0 Å². The third kappa shape index (κ3) is 3.28. The van der Waals surface area contributed by atoms with Crippen LogP contribution in [-0.4, -0.2) is 48.8 Å². The number of amides is 1. The van der Waals surface area contributed by atoms with Crippen molar-refractivity contribution in [1.29, 1.82) is 0 Å². The predicted octanol–water partition coefficient (Wildman–Crippen LogP) is 3.04. The fourth-order valence-corrected chi connectivity index (χ4v) is 3.81. The quantitative estimate of drug-likeness (QED) is 0.765. The maximum Gasteiger partial charge on any atom is 0.261 e. The van der Waals surface area contributed by atoms with Gasteiger partial charge in [0, 0.05) is 6.54 Å². The number of benzene rings is 2. The van der Waals surface area contributed by atoms with Gasteiger partial charge >= 0.3 is 0 Å². The molecule has 2 aliphatic rings. The molecule has 0 spiro atoms. The first-order valence-electron chi connectivity index (χ1n) is 9.12. The van der Waals surface area contributed by atoms with Gasteiger partial charge in [0.25, 0.3) is 5.91 Å². The zero-order valence-electron chi connectivity index (χ0n) is 15.5. The number of hydrogen-bond donors (Lipinski definition) is 0. The highest BCUT2D eigenvalue weighted by molar-refractivity contribution is 5.87. The molecule has 2 aliphatic heterocycles. The van der Waals surface area contributed by atoms with E-state index in [1.54, 1.807) is 25.4 Å². The minimum atomic E-state index is -0.176. The number of carbonyl (C=O) groups excluding carboxylic acids is 1. The number of hydrogen-bond acceptors (Lipinski definition) is 5. The SMILES string of the molecule is COc1ccc(/C=N/N2C(=O)[C@@H]3CCCN3[C@H]2c2ccc(OC)cc2)cc1. The van der Waals surface area contributed by atoms with Gasteiger partial charge in [-0.15, -0.1) is 0 Å². The Bertz CT molecular complexity index is 833. The summed E-state index contributed by atoms with van der Waals surface area (Å²) in [5, 5.41) is 6.18. The summed E-state index contributed by atoms with van der Waals surface area (Å²) in [6.07, 6.45) is 3.49. The Morgan fingerprint density at radius 2 is 1.63 bits per heavy atom. The number of ether oxygens (including phenoxy) is 2. The molecule has 6 nitrogen and oxygen atoms in total. The number of methoxy groups -OCH3 is 2. The molecule has 0 unspecified atom stereocenters. The molecular formula is C21H23N3O3. The van der Waals surface area contributed by atoms with Gasteiger partial charge in [-0.25, -0.2) is 5.01 Å². The lowest BCUT2D eigenvalue weighted by Gasteiger charge is -2.26. The summed E-state index contributed by atoms with van der Waals surface area (Å²) in [5.74, 6) is 1.66. The lowest BCUT2D eigenvalue weighted by molar-refractivity contribution is -0.130. The molecule has 0 radical (unpaired) electrons. The Morgan fingerprint density at radius 1 is 1.00 bits per heavy atom. The molecule has 1 amide bonds. The Hall–Kier alpha value is -2.86. The van der Waals surface area contributed by atoms with Gasteiger partial charge in [-0.3, -0.25) is 9.69 Å². The van der Waals surface area contributed by atoms with Gasteiger partial charge in [0.1, 0.15) is 17.7 Å². The van der Waals surface area contributed by atoms with Crippen LogP contribution < -0.4 is 9.47 Å². The van der Waals surface area contributed by atoms with Crippen molar-refractivity contribution in [2.75, 3.05) is 20.8 Å². The standard InChI is InChI=1S/C21H23N3O3/c1-26-17-9-5-15(6-10-17)14-22-24-20(16-7-11-18(27-2)12-8-16)23-13-3-4-19(23)21(24)25/h5-12,14,19-20H,3-4,13H2,1-2H3/b22-14+/t19-,20+/m0/s1. The van der Waals surface area contributed by atoms with Crippen LogP contribution in [0, 0.1) is 0 Å². The second kappa shape index (κ2) is 7.40. The summed E-state index contributed by atoms with van der Waals surface area (Å²) in [7, 11) is 3.29. The normalized spacial score (nSPS) is 22.4. The molecule has 2 atom stereocenters. The Morgan fingerprint density at radius 3 is 2.26 bits per heavy atom. The van der Waals surface area contributed by atoms with Crippen LogP contribution in [0.4, 0.5) is 0 Å². The lowest BCUT2D eigenvalue weighted by atomic mass is 10.1. The van der Waals surface area contributed by atoms with Gasteiger partial charge in [0.05, 0.1) is 26.5 Å². The molecule has 6 heteroatoms. The van der Waals surface area contributed by atoms with Crippen molar-refractivity contribution in [1.82, 2.24) is 9.91 Å². The van der Waals surface area contributed by atoms with Crippen LogP contribution in [0.3, 0.4) is 0 Å². The number of fused-ring (bicyclic) bond motifs is 1. The fourth-order valence-electron chi connectivity index (χ4n) is 3.81. The Labute approximate surface area is 159 Å². The van der Waals surface area contributed by atoms with E-state index in [9.17, 15) is 4.79 Å². The molecule has 2 saturated heterocycles. The highest BCUT2D eigenvalue weighted by atomic mass is 16.5. The molecular weight excluding hydrogens is 342 g/mol. The van der Waals surface area contributed by atoms with Crippen molar-refractivity contribution in [3.63, 3.8) is 0 Å². The van der Waals surface area contributed by atoms with Crippen molar-refractivity contribution in [3.05, 3.63) is 59.7 Å². The predicted molar refractivity (Wildman–Crippen MR) is 103 cm³/mol. The summed E-state index contributed by atoms with van der Waals surface area (Å²) in [6.45, 7) is 0.904. The van der Waals surface area contributed by atoms with Crippen molar-refractivity contribution in [3.8, 4) is 11.5 Å². The molecule has 27 heavy (non-hydrogen) atoms. The van der Waals surface area contributed by atoms with E-state index in [-0.39, 0.29) is 18.1 Å². The van der Waals surface area contributed by atoms with Gasteiger partial charge in [-0.1, -0.05) is 12.1 Å². The first-order chi connectivity index (χ1) is 13.2. The second-order valence-electron chi connectivity index (χ2n) is 6.74. The minimum absolute atomic E-state index is 0.0677. The van der Waals surface area contributed by atoms with Crippen LogP contribution in [0.5, 0.6) is 11.5 Å². The van der Waals surface area contributed by atoms with Crippen LogP contribution in [0.1, 0.15) is 30.1 Å². The Balaban J connectivity index is 1.63. The third-order valence-electron chi connectivity index (χ3n) is 5.21. The van der Waals surface area contributed by atoms with E-state index in [0.29, 0.717) is 0 Å². The van der Waals surface area contributed by atoms with E-state index in [1.807, 2.05) is 48.5 Å².